The summed E-state index contributed by atoms with van der Waals surface area (Å²) >= 11 is 7.72. The van der Waals surface area contributed by atoms with Crippen molar-refractivity contribution in [1.29, 1.82) is 0 Å². The van der Waals surface area contributed by atoms with Gasteiger partial charge in [-0.2, -0.15) is 4.98 Å². The Bertz CT molecular complexity index is 1150. The monoisotopic (exact) mass is 399 g/mol. The van der Waals surface area contributed by atoms with Crippen molar-refractivity contribution in [2.24, 2.45) is 0 Å². The molecule has 1 atom stereocenters. The van der Waals surface area contributed by atoms with Gasteiger partial charge in [-0.05, 0) is 19.1 Å². The van der Waals surface area contributed by atoms with Crippen LogP contribution in [0.15, 0.2) is 40.4 Å². The van der Waals surface area contributed by atoms with Gasteiger partial charge in [-0.1, -0.05) is 34.5 Å². The minimum absolute atomic E-state index is 0.0474. The number of anilines is 1. The van der Waals surface area contributed by atoms with Crippen molar-refractivity contribution >= 4 is 39.5 Å². The molecule has 5 rings (SSSR count). The van der Waals surface area contributed by atoms with Gasteiger partial charge >= 0.3 is 0 Å². The number of carbonyl (C=O) groups is 1. The molecule has 1 aliphatic rings. The highest BCUT2D eigenvalue weighted by Crippen LogP contribution is 2.34. The van der Waals surface area contributed by atoms with Crippen molar-refractivity contribution in [3.63, 3.8) is 0 Å². The van der Waals surface area contributed by atoms with Crippen LogP contribution in [0.3, 0.4) is 0 Å². The highest BCUT2D eigenvalue weighted by Gasteiger charge is 2.35. The number of amides is 1. The van der Waals surface area contributed by atoms with E-state index in [4.69, 9.17) is 16.1 Å². The van der Waals surface area contributed by atoms with E-state index in [1.54, 1.807) is 4.90 Å². The lowest BCUT2D eigenvalue weighted by Gasteiger charge is -2.16. The van der Waals surface area contributed by atoms with Crippen LogP contribution >= 0.6 is 22.9 Å². The first-order valence-electron chi connectivity index (χ1n) is 8.42. The summed E-state index contributed by atoms with van der Waals surface area (Å²) in [6.07, 6.45) is 2.20. The Hall–Kier alpha value is -2.71. The van der Waals surface area contributed by atoms with Gasteiger partial charge in [0.1, 0.15) is 5.69 Å². The molecule has 9 heteroatoms. The molecule has 27 heavy (non-hydrogen) atoms. The first-order chi connectivity index (χ1) is 13.1. The van der Waals surface area contributed by atoms with Crippen LogP contribution < -0.4 is 4.90 Å². The molecule has 1 unspecified atom stereocenters. The molecule has 1 saturated heterocycles. The Morgan fingerprint density at radius 2 is 2.07 bits per heavy atom. The van der Waals surface area contributed by atoms with Crippen molar-refractivity contribution in [2.75, 3.05) is 11.4 Å². The molecule has 1 amide bonds. The van der Waals surface area contributed by atoms with E-state index < -0.39 is 0 Å². The molecular formula is C18H14ClN5O2S. The van der Waals surface area contributed by atoms with E-state index >= 15 is 0 Å². The Morgan fingerprint density at radius 3 is 2.89 bits per heavy atom. The van der Waals surface area contributed by atoms with Crippen LogP contribution in [0.4, 0.5) is 5.69 Å². The van der Waals surface area contributed by atoms with Crippen LogP contribution in [-0.4, -0.2) is 32.0 Å². The molecule has 136 valence electrons. The lowest BCUT2D eigenvalue weighted by Crippen LogP contribution is -2.24. The zero-order valence-electron chi connectivity index (χ0n) is 14.3. The van der Waals surface area contributed by atoms with Gasteiger partial charge in [-0.3, -0.25) is 9.20 Å². The van der Waals surface area contributed by atoms with Gasteiger partial charge in [0.05, 0.1) is 5.92 Å². The normalized spacial score (nSPS) is 17.3. The van der Waals surface area contributed by atoms with Crippen molar-refractivity contribution in [3.05, 3.63) is 52.4 Å². The number of halogens is 1. The van der Waals surface area contributed by atoms with Crippen molar-refractivity contribution in [1.82, 2.24) is 19.5 Å². The second-order valence-corrected chi connectivity index (χ2v) is 7.73. The number of thiazole rings is 1. The molecule has 0 radical (unpaired) electrons. The fourth-order valence-corrected chi connectivity index (χ4v) is 4.32. The van der Waals surface area contributed by atoms with Crippen LogP contribution in [-0.2, 0) is 4.79 Å². The Balaban J connectivity index is 1.43. The molecule has 4 heterocycles. The first-order valence-corrected chi connectivity index (χ1v) is 9.68. The van der Waals surface area contributed by atoms with E-state index in [-0.39, 0.29) is 11.8 Å². The average Bonchev–Trinajstić information content (AvgIpc) is 3.39. The standard InChI is InChI=1S/C18H14ClN5O2S/c1-10-2-4-12(5-3-10)24-9-11(8-13(24)25)17-21-16(22-26-17)14-15(19)20-18-23(14)6-7-27-18/h2-7,11H,8-9H2,1H3. The highest BCUT2D eigenvalue weighted by molar-refractivity contribution is 7.15. The number of carbonyl (C=O) groups excluding carboxylic acids is 1. The van der Waals surface area contributed by atoms with Gasteiger partial charge < -0.3 is 9.42 Å². The molecule has 0 bridgehead atoms. The van der Waals surface area contributed by atoms with Crippen LogP contribution in [0, 0.1) is 6.92 Å². The third-order valence-electron chi connectivity index (χ3n) is 4.69. The van der Waals surface area contributed by atoms with Crippen LogP contribution in [0.5, 0.6) is 0 Å². The molecule has 1 aromatic carbocycles. The zero-order valence-corrected chi connectivity index (χ0v) is 15.9. The summed E-state index contributed by atoms with van der Waals surface area (Å²) < 4.78 is 7.30. The van der Waals surface area contributed by atoms with Crippen LogP contribution in [0.25, 0.3) is 16.5 Å². The lowest BCUT2D eigenvalue weighted by atomic mass is 10.1. The zero-order chi connectivity index (χ0) is 18.5. The summed E-state index contributed by atoms with van der Waals surface area (Å²) in [5, 5.41) is 6.32. The number of benzene rings is 1. The SMILES string of the molecule is Cc1ccc(N2CC(c3nc(-c4c(Cl)nc5sccn45)no3)CC2=O)cc1. The van der Waals surface area contributed by atoms with E-state index in [0.717, 1.165) is 16.2 Å². The number of fused-ring (bicyclic) bond motifs is 1. The van der Waals surface area contributed by atoms with E-state index in [0.29, 0.717) is 35.5 Å². The Morgan fingerprint density at radius 1 is 1.26 bits per heavy atom. The first kappa shape index (κ1) is 16.5. The van der Waals surface area contributed by atoms with E-state index in [9.17, 15) is 4.79 Å². The predicted octanol–water partition coefficient (Wildman–Crippen LogP) is 3.93. The second-order valence-electron chi connectivity index (χ2n) is 6.50. The minimum Gasteiger partial charge on any atom is -0.339 e. The van der Waals surface area contributed by atoms with Crippen molar-refractivity contribution < 1.29 is 9.32 Å². The third-order valence-corrected chi connectivity index (χ3v) is 5.71. The predicted molar refractivity (Wildman–Crippen MR) is 102 cm³/mol. The average molecular weight is 400 g/mol. The van der Waals surface area contributed by atoms with Crippen LogP contribution in [0.1, 0.15) is 23.8 Å². The smallest absolute Gasteiger partial charge is 0.232 e. The van der Waals surface area contributed by atoms with Gasteiger partial charge in [-0.15, -0.1) is 11.3 Å². The number of hydrogen-bond acceptors (Lipinski definition) is 6. The Kier molecular flexibility index (Phi) is 3.76. The van der Waals surface area contributed by atoms with Gasteiger partial charge in [0.2, 0.25) is 17.6 Å². The molecule has 4 aromatic rings. The molecule has 7 nitrogen and oxygen atoms in total. The fraction of sp³-hybridized carbons (Fsp3) is 0.222. The Labute approximate surface area is 163 Å². The summed E-state index contributed by atoms with van der Waals surface area (Å²) in [6, 6.07) is 7.89. The van der Waals surface area contributed by atoms with E-state index in [2.05, 4.69) is 15.1 Å². The number of rotatable bonds is 3. The maximum atomic E-state index is 12.5. The summed E-state index contributed by atoms with van der Waals surface area (Å²) in [4.78, 5) is 23.8. The number of nitrogens with zero attached hydrogens (tertiary/aromatic N) is 5. The number of aryl methyl sites for hydroxylation is 1. The van der Waals surface area contributed by atoms with E-state index in [1.165, 1.54) is 11.3 Å². The summed E-state index contributed by atoms with van der Waals surface area (Å²) in [5.41, 5.74) is 2.63. The summed E-state index contributed by atoms with van der Waals surface area (Å²) in [7, 11) is 0. The maximum absolute atomic E-state index is 12.5. The third kappa shape index (κ3) is 2.72. The largest absolute Gasteiger partial charge is 0.339 e. The van der Waals surface area contributed by atoms with Gasteiger partial charge in [0.25, 0.3) is 0 Å². The number of hydrogen-bond donors (Lipinski definition) is 0. The van der Waals surface area contributed by atoms with E-state index in [1.807, 2.05) is 47.2 Å². The van der Waals surface area contributed by atoms with Crippen molar-refractivity contribution in [3.8, 4) is 11.5 Å². The molecule has 0 N–H and O–H groups in total. The molecule has 1 fully saturated rings. The molecule has 0 spiro atoms. The number of aromatic nitrogens is 4. The molecule has 3 aromatic heterocycles. The molecule has 0 aliphatic carbocycles. The molecular weight excluding hydrogens is 386 g/mol. The van der Waals surface area contributed by atoms with Gasteiger partial charge in [0.15, 0.2) is 10.1 Å². The topological polar surface area (TPSA) is 76.5 Å². The molecule has 1 aliphatic heterocycles. The van der Waals surface area contributed by atoms with Crippen LogP contribution in [0.2, 0.25) is 5.15 Å². The van der Waals surface area contributed by atoms with Crippen molar-refractivity contribution in [2.45, 2.75) is 19.3 Å². The summed E-state index contributed by atoms with van der Waals surface area (Å²) in [5.74, 6) is 0.715. The quantitative estimate of drug-likeness (QED) is 0.521. The summed E-state index contributed by atoms with van der Waals surface area (Å²) in [6.45, 7) is 2.53. The second kappa shape index (κ2) is 6.17. The highest BCUT2D eigenvalue weighted by atomic mass is 35.5. The maximum Gasteiger partial charge on any atom is 0.232 e. The minimum atomic E-state index is -0.148. The van der Waals surface area contributed by atoms with Gasteiger partial charge in [-0.25, -0.2) is 4.98 Å². The van der Waals surface area contributed by atoms with Gasteiger partial charge in [0, 0.05) is 30.2 Å². The fourth-order valence-electron chi connectivity index (χ4n) is 3.30. The lowest BCUT2D eigenvalue weighted by molar-refractivity contribution is -0.117. The number of imidazole rings is 1. The molecule has 0 saturated carbocycles.